The first-order valence-electron chi connectivity index (χ1n) is 10.6. The van der Waals surface area contributed by atoms with Gasteiger partial charge in [-0.15, -0.1) is 0 Å². The Morgan fingerprint density at radius 1 is 1.03 bits per heavy atom. The second-order valence-corrected chi connectivity index (χ2v) is 7.97. The van der Waals surface area contributed by atoms with Crippen molar-refractivity contribution in [2.45, 2.75) is 25.5 Å². The molecule has 4 nitrogen and oxygen atoms in total. The van der Waals surface area contributed by atoms with Gasteiger partial charge in [-0.25, -0.2) is 4.39 Å². The van der Waals surface area contributed by atoms with E-state index in [1.165, 1.54) is 12.1 Å². The number of nitrogens with zero attached hydrogens (tertiary/aromatic N) is 1. The van der Waals surface area contributed by atoms with Gasteiger partial charge in [0.2, 0.25) is 0 Å². The summed E-state index contributed by atoms with van der Waals surface area (Å²) in [7, 11) is 0. The van der Waals surface area contributed by atoms with Crippen molar-refractivity contribution in [3.8, 4) is 5.75 Å². The summed E-state index contributed by atoms with van der Waals surface area (Å²) in [5.74, 6) is -0.693. The van der Waals surface area contributed by atoms with E-state index in [-0.39, 0.29) is 11.9 Å². The standard InChI is InChI=1S/C26H26FNO3/c27-23-13-11-20(12-14-23)25(28-15-5-9-22(17-28)26(29)30)21-8-4-10-24(16-21)31-18-19-6-2-1-3-7-19/h1-4,6-8,10-14,16,22,25H,5,9,15,17-18H2,(H,29,30). The minimum Gasteiger partial charge on any atom is -0.489 e. The number of halogens is 1. The summed E-state index contributed by atoms with van der Waals surface area (Å²) in [6.07, 6.45) is 1.50. The van der Waals surface area contributed by atoms with Gasteiger partial charge in [-0.2, -0.15) is 0 Å². The number of piperidine rings is 1. The van der Waals surface area contributed by atoms with Gasteiger partial charge >= 0.3 is 5.97 Å². The fourth-order valence-corrected chi connectivity index (χ4v) is 4.22. The van der Waals surface area contributed by atoms with E-state index in [0.29, 0.717) is 19.6 Å². The number of carbonyl (C=O) groups is 1. The number of benzene rings is 3. The van der Waals surface area contributed by atoms with Crippen LogP contribution in [-0.4, -0.2) is 29.1 Å². The number of aliphatic carboxylic acids is 1. The number of hydrogen-bond acceptors (Lipinski definition) is 3. The van der Waals surface area contributed by atoms with Crippen molar-refractivity contribution in [3.63, 3.8) is 0 Å². The van der Waals surface area contributed by atoms with Crippen molar-refractivity contribution in [2.24, 2.45) is 5.92 Å². The maximum atomic E-state index is 13.6. The molecular formula is C26H26FNO3. The maximum Gasteiger partial charge on any atom is 0.307 e. The number of hydrogen-bond donors (Lipinski definition) is 1. The van der Waals surface area contributed by atoms with Crippen LogP contribution in [0.25, 0.3) is 0 Å². The highest BCUT2D eigenvalue weighted by Crippen LogP contribution is 2.34. The molecule has 160 valence electrons. The van der Waals surface area contributed by atoms with E-state index in [1.807, 2.05) is 54.6 Å². The summed E-state index contributed by atoms with van der Waals surface area (Å²) in [4.78, 5) is 13.8. The second-order valence-electron chi connectivity index (χ2n) is 7.97. The molecule has 3 aromatic carbocycles. The normalized spacial score (nSPS) is 17.8. The van der Waals surface area contributed by atoms with Gasteiger partial charge in [0.15, 0.2) is 0 Å². The number of rotatable bonds is 7. The molecule has 0 bridgehead atoms. The summed E-state index contributed by atoms with van der Waals surface area (Å²) in [6, 6.07) is 24.2. The van der Waals surface area contributed by atoms with Crippen LogP contribution in [0.3, 0.4) is 0 Å². The number of ether oxygens (including phenoxy) is 1. The van der Waals surface area contributed by atoms with Crippen molar-refractivity contribution in [1.82, 2.24) is 4.90 Å². The van der Waals surface area contributed by atoms with Crippen LogP contribution in [-0.2, 0) is 11.4 Å². The molecular weight excluding hydrogens is 393 g/mol. The highest BCUT2D eigenvalue weighted by molar-refractivity contribution is 5.70. The summed E-state index contributed by atoms with van der Waals surface area (Å²) in [6.45, 7) is 1.73. The van der Waals surface area contributed by atoms with Gasteiger partial charge in [0, 0.05) is 6.54 Å². The first kappa shape index (κ1) is 21.1. The van der Waals surface area contributed by atoms with Crippen LogP contribution < -0.4 is 4.74 Å². The van der Waals surface area contributed by atoms with Crippen molar-refractivity contribution in [1.29, 1.82) is 0 Å². The lowest BCUT2D eigenvalue weighted by Crippen LogP contribution is -2.41. The molecule has 1 aliphatic heterocycles. The zero-order valence-corrected chi connectivity index (χ0v) is 17.3. The van der Waals surface area contributed by atoms with Crippen molar-refractivity contribution in [2.75, 3.05) is 13.1 Å². The molecule has 0 aromatic heterocycles. The van der Waals surface area contributed by atoms with Gasteiger partial charge in [-0.05, 0) is 60.3 Å². The number of carboxylic acids is 1. The average molecular weight is 419 g/mol. The van der Waals surface area contributed by atoms with Crippen LogP contribution in [0.15, 0.2) is 78.9 Å². The van der Waals surface area contributed by atoms with Crippen LogP contribution in [0.2, 0.25) is 0 Å². The van der Waals surface area contributed by atoms with Gasteiger partial charge in [0.25, 0.3) is 0 Å². The van der Waals surface area contributed by atoms with Gasteiger partial charge in [-0.3, -0.25) is 9.69 Å². The predicted octanol–water partition coefficient (Wildman–Crippen LogP) is 5.29. The first-order chi connectivity index (χ1) is 15.1. The highest BCUT2D eigenvalue weighted by Gasteiger charge is 2.31. The molecule has 1 aliphatic rings. The topological polar surface area (TPSA) is 49.8 Å². The molecule has 0 spiro atoms. The first-order valence-corrected chi connectivity index (χ1v) is 10.6. The zero-order chi connectivity index (χ0) is 21.6. The Morgan fingerprint density at radius 3 is 2.55 bits per heavy atom. The fraction of sp³-hybridized carbons (Fsp3) is 0.269. The lowest BCUT2D eigenvalue weighted by molar-refractivity contribution is -0.143. The zero-order valence-electron chi connectivity index (χ0n) is 17.3. The molecule has 0 saturated carbocycles. The van der Waals surface area contributed by atoms with Crippen LogP contribution in [0, 0.1) is 11.7 Å². The largest absolute Gasteiger partial charge is 0.489 e. The second kappa shape index (κ2) is 9.75. The van der Waals surface area contributed by atoms with E-state index in [0.717, 1.165) is 35.4 Å². The maximum absolute atomic E-state index is 13.6. The van der Waals surface area contributed by atoms with Crippen molar-refractivity contribution in [3.05, 3.63) is 101 Å². The summed E-state index contributed by atoms with van der Waals surface area (Å²) < 4.78 is 19.6. The van der Waals surface area contributed by atoms with Gasteiger partial charge in [0.05, 0.1) is 12.0 Å². The van der Waals surface area contributed by atoms with Gasteiger partial charge < -0.3 is 9.84 Å². The SMILES string of the molecule is O=C(O)C1CCCN(C(c2ccc(F)cc2)c2cccc(OCc3ccccc3)c2)C1. The molecule has 1 heterocycles. The van der Waals surface area contributed by atoms with E-state index in [2.05, 4.69) is 4.90 Å². The Labute approximate surface area is 181 Å². The molecule has 0 radical (unpaired) electrons. The molecule has 31 heavy (non-hydrogen) atoms. The molecule has 1 fully saturated rings. The molecule has 4 rings (SSSR count). The number of likely N-dealkylation sites (tertiary alicyclic amines) is 1. The highest BCUT2D eigenvalue weighted by atomic mass is 19.1. The lowest BCUT2D eigenvalue weighted by atomic mass is 9.91. The summed E-state index contributed by atoms with van der Waals surface area (Å²) in [5, 5.41) is 9.54. The minimum absolute atomic E-state index is 0.164. The molecule has 5 heteroatoms. The van der Waals surface area contributed by atoms with Gasteiger partial charge in [-0.1, -0.05) is 54.6 Å². The molecule has 2 unspecified atom stereocenters. The van der Waals surface area contributed by atoms with Crippen LogP contribution >= 0.6 is 0 Å². The number of carboxylic acid groups (broad SMARTS) is 1. The van der Waals surface area contributed by atoms with Crippen molar-refractivity contribution < 1.29 is 19.0 Å². The fourth-order valence-electron chi connectivity index (χ4n) is 4.22. The molecule has 0 aliphatic carbocycles. The lowest BCUT2D eigenvalue weighted by Gasteiger charge is -2.37. The van der Waals surface area contributed by atoms with E-state index in [1.54, 1.807) is 12.1 Å². The van der Waals surface area contributed by atoms with Crippen molar-refractivity contribution >= 4 is 5.97 Å². The van der Waals surface area contributed by atoms with E-state index < -0.39 is 11.9 Å². The third kappa shape index (κ3) is 5.30. The Morgan fingerprint density at radius 2 is 1.81 bits per heavy atom. The molecule has 3 aromatic rings. The third-order valence-corrected chi connectivity index (χ3v) is 5.78. The Kier molecular flexibility index (Phi) is 6.63. The summed E-state index contributed by atoms with van der Waals surface area (Å²) >= 11 is 0. The molecule has 1 N–H and O–H groups in total. The van der Waals surface area contributed by atoms with Crippen LogP contribution in [0.4, 0.5) is 4.39 Å². The molecule has 0 amide bonds. The Bertz CT molecular complexity index is 1010. The van der Waals surface area contributed by atoms with E-state index in [9.17, 15) is 14.3 Å². The molecule has 1 saturated heterocycles. The van der Waals surface area contributed by atoms with Crippen LogP contribution in [0.5, 0.6) is 5.75 Å². The molecule has 2 atom stereocenters. The van der Waals surface area contributed by atoms with E-state index >= 15 is 0 Å². The predicted molar refractivity (Wildman–Crippen MR) is 117 cm³/mol. The minimum atomic E-state index is -0.762. The quantitative estimate of drug-likeness (QED) is 0.565. The van der Waals surface area contributed by atoms with Crippen LogP contribution in [0.1, 0.15) is 35.6 Å². The Hall–Kier alpha value is -3.18. The smallest absolute Gasteiger partial charge is 0.307 e. The third-order valence-electron chi connectivity index (χ3n) is 5.78. The summed E-state index contributed by atoms with van der Waals surface area (Å²) in [5.41, 5.74) is 3.03. The van der Waals surface area contributed by atoms with E-state index in [4.69, 9.17) is 4.74 Å². The average Bonchev–Trinajstić information content (AvgIpc) is 2.80. The Balaban J connectivity index is 1.62. The van der Waals surface area contributed by atoms with Gasteiger partial charge in [0.1, 0.15) is 18.2 Å². The monoisotopic (exact) mass is 419 g/mol.